The van der Waals surface area contributed by atoms with Gasteiger partial charge in [-0.15, -0.1) is 0 Å². The van der Waals surface area contributed by atoms with Gasteiger partial charge in [0.25, 0.3) is 0 Å². The van der Waals surface area contributed by atoms with E-state index in [0.717, 1.165) is 13.0 Å². The van der Waals surface area contributed by atoms with Gasteiger partial charge in [-0.3, -0.25) is 0 Å². The van der Waals surface area contributed by atoms with E-state index in [-0.39, 0.29) is 5.82 Å². The molecule has 1 aromatic rings. The van der Waals surface area contributed by atoms with Gasteiger partial charge in [0.15, 0.2) is 0 Å². The topological polar surface area (TPSA) is 38.0 Å². The molecule has 0 aliphatic rings. The van der Waals surface area contributed by atoms with Crippen LogP contribution in [-0.4, -0.2) is 18.1 Å². The van der Waals surface area contributed by atoms with E-state index < -0.39 is 0 Å². The van der Waals surface area contributed by atoms with Crippen LogP contribution < -0.4 is 11.1 Å². The van der Waals surface area contributed by atoms with Gasteiger partial charge in [0.05, 0.1) is 11.4 Å². The fourth-order valence-corrected chi connectivity index (χ4v) is 1.56. The Labute approximate surface area is 94.4 Å². The first kappa shape index (κ1) is 12.2. The highest BCUT2D eigenvalue weighted by Crippen LogP contribution is 2.19. The normalized spacial score (nSPS) is 12.5. The van der Waals surface area contributed by atoms with Gasteiger partial charge in [-0.05, 0) is 30.9 Å². The van der Waals surface area contributed by atoms with Crippen LogP contribution in [0.5, 0.6) is 0 Å². The first-order valence-electron chi connectivity index (χ1n) is 4.95. The Balaban J connectivity index is 2.46. The third-order valence-corrected chi connectivity index (χ3v) is 3.32. The highest BCUT2D eigenvalue weighted by atomic mass is 32.2. The summed E-state index contributed by atoms with van der Waals surface area (Å²) in [7, 11) is 0. The van der Waals surface area contributed by atoms with Crippen LogP contribution in [0.25, 0.3) is 0 Å². The van der Waals surface area contributed by atoms with Crippen molar-refractivity contribution in [2.24, 2.45) is 0 Å². The van der Waals surface area contributed by atoms with E-state index in [4.69, 9.17) is 5.73 Å². The Morgan fingerprint density at radius 3 is 2.93 bits per heavy atom. The Kier molecular flexibility index (Phi) is 4.75. The molecule has 0 amide bonds. The van der Waals surface area contributed by atoms with Gasteiger partial charge in [-0.1, -0.05) is 6.92 Å². The summed E-state index contributed by atoms with van der Waals surface area (Å²) in [5, 5.41) is 3.74. The van der Waals surface area contributed by atoms with Crippen LogP contribution in [0.4, 0.5) is 15.8 Å². The van der Waals surface area contributed by atoms with E-state index in [2.05, 4.69) is 18.5 Å². The molecule has 1 atom stereocenters. The second kappa shape index (κ2) is 5.85. The molecule has 0 aliphatic carbocycles. The number of nitrogens with two attached hydrogens (primary N) is 1. The summed E-state index contributed by atoms with van der Waals surface area (Å²) in [6.07, 6.45) is 3.12. The van der Waals surface area contributed by atoms with Crippen molar-refractivity contribution in [2.75, 3.05) is 23.9 Å². The van der Waals surface area contributed by atoms with Crippen molar-refractivity contribution in [3.63, 3.8) is 0 Å². The average molecular weight is 228 g/mol. The lowest BCUT2D eigenvalue weighted by Gasteiger charge is -2.11. The summed E-state index contributed by atoms with van der Waals surface area (Å²) in [6, 6.07) is 4.37. The average Bonchev–Trinajstić information content (AvgIpc) is 2.23. The first-order valence-corrected chi connectivity index (χ1v) is 6.24. The van der Waals surface area contributed by atoms with Crippen LogP contribution in [0.3, 0.4) is 0 Å². The van der Waals surface area contributed by atoms with E-state index in [1.807, 2.05) is 11.8 Å². The fraction of sp³-hybridized carbons (Fsp3) is 0.455. The third-order valence-electron chi connectivity index (χ3n) is 2.28. The second-order valence-corrected chi connectivity index (χ2v) is 4.77. The number of nitrogens with one attached hydrogen (secondary N) is 1. The molecule has 1 unspecified atom stereocenters. The zero-order valence-electron chi connectivity index (χ0n) is 9.09. The van der Waals surface area contributed by atoms with Crippen molar-refractivity contribution in [2.45, 2.75) is 18.6 Å². The number of halogens is 1. The number of hydrogen-bond acceptors (Lipinski definition) is 3. The number of anilines is 2. The zero-order chi connectivity index (χ0) is 11.3. The molecule has 4 heteroatoms. The van der Waals surface area contributed by atoms with Crippen LogP contribution >= 0.6 is 11.8 Å². The van der Waals surface area contributed by atoms with Gasteiger partial charge in [-0.2, -0.15) is 11.8 Å². The number of thioether (sulfide) groups is 1. The molecular formula is C11H17FN2S. The van der Waals surface area contributed by atoms with E-state index in [1.54, 1.807) is 6.07 Å². The molecular weight excluding hydrogens is 211 g/mol. The number of rotatable bonds is 5. The van der Waals surface area contributed by atoms with Crippen molar-refractivity contribution in [1.29, 1.82) is 0 Å². The van der Waals surface area contributed by atoms with Crippen molar-refractivity contribution in [1.82, 2.24) is 0 Å². The second-order valence-electron chi connectivity index (χ2n) is 3.49. The van der Waals surface area contributed by atoms with Crippen LogP contribution in [0.15, 0.2) is 18.2 Å². The fourth-order valence-electron chi connectivity index (χ4n) is 1.21. The van der Waals surface area contributed by atoms with E-state index in [1.165, 1.54) is 12.1 Å². The standard InChI is InChI=1S/C11H17FN2S/c1-8(15-2)5-6-14-11-7-9(12)3-4-10(11)13/h3-4,7-8,14H,5-6,13H2,1-2H3. The van der Waals surface area contributed by atoms with E-state index in [0.29, 0.717) is 16.6 Å². The van der Waals surface area contributed by atoms with Crippen LogP contribution in [-0.2, 0) is 0 Å². The largest absolute Gasteiger partial charge is 0.397 e. The van der Waals surface area contributed by atoms with Gasteiger partial charge < -0.3 is 11.1 Å². The summed E-state index contributed by atoms with van der Waals surface area (Å²) in [4.78, 5) is 0. The molecule has 0 heterocycles. The molecule has 0 aliphatic heterocycles. The minimum atomic E-state index is -0.260. The van der Waals surface area contributed by atoms with E-state index >= 15 is 0 Å². The predicted molar refractivity (Wildman–Crippen MR) is 66.9 cm³/mol. The van der Waals surface area contributed by atoms with Crippen molar-refractivity contribution in [3.05, 3.63) is 24.0 Å². The maximum absolute atomic E-state index is 12.9. The number of hydrogen-bond donors (Lipinski definition) is 2. The van der Waals surface area contributed by atoms with Gasteiger partial charge >= 0.3 is 0 Å². The van der Waals surface area contributed by atoms with Crippen LogP contribution in [0.2, 0.25) is 0 Å². The highest BCUT2D eigenvalue weighted by molar-refractivity contribution is 7.99. The zero-order valence-corrected chi connectivity index (χ0v) is 9.90. The number of nitrogen functional groups attached to an aromatic ring is 1. The summed E-state index contributed by atoms with van der Waals surface area (Å²) in [5.41, 5.74) is 6.98. The van der Waals surface area contributed by atoms with Crippen LogP contribution in [0, 0.1) is 5.82 Å². The maximum atomic E-state index is 12.9. The third kappa shape index (κ3) is 4.00. The molecule has 0 radical (unpaired) electrons. The molecule has 1 aromatic carbocycles. The molecule has 1 rings (SSSR count). The van der Waals surface area contributed by atoms with Gasteiger partial charge in [-0.25, -0.2) is 4.39 Å². The molecule has 0 bridgehead atoms. The SMILES string of the molecule is CSC(C)CCNc1cc(F)ccc1N. The molecule has 2 nitrogen and oxygen atoms in total. The number of benzene rings is 1. The van der Waals surface area contributed by atoms with Gasteiger partial charge in [0, 0.05) is 11.8 Å². The minimum Gasteiger partial charge on any atom is -0.397 e. The van der Waals surface area contributed by atoms with Gasteiger partial charge in [0.1, 0.15) is 5.82 Å². The van der Waals surface area contributed by atoms with Crippen LogP contribution in [0.1, 0.15) is 13.3 Å². The molecule has 84 valence electrons. The summed E-state index contributed by atoms with van der Waals surface area (Å²) in [6.45, 7) is 2.98. The minimum absolute atomic E-state index is 0.260. The molecule has 0 spiro atoms. The molecule has 0 fully saturated rings. The summed E-state index contributed by atoms with van der Waals surface area (Å²) < 4.78 is 12.9. The van der Waals surface area contributed by atoms with E-state index in [9.17, 15) is 4.39 Å². The maximum Gasteiger partial charge on any atom is 0.125 e. The lowest BCUT2D eigenvalue weighted by Crippen LogP contribution is -2.09. The smallest absolute Gasteiger partial charge is 0.125 e. The Hall–Kier alpha value is -0.900. The Morgan fingerprint density at radius 2 is 2.27 bits per heavy atom. The Morgan fingerprint density at radius 1 is 1.53 bits per heavy atom. The van der Waals surface area contributed by atoms with Gasteiger partial charge in [0.2, 0.25) is 0 Å². The van der Waals surface area contributed by atoms with Crippen molar-refractivity contribution < 1.29 is 4.39 Å². The summed E-state index contributed by atoms with van der Waals surface area (Å²) >= 11 is 1.82. The van der Waals surface area contributed by atoms with Crippen molar-refractivity contribution >= 4 is 23.1 Å². The van der Waals surface area contributed by atoms with Crippen molar-refractivity contribution in [3.8, 4) is 0 Å². The molecule has 15 heavy (non-hydrogen) atoms. The lowest BCUT2D eigenvalue weighted by atomic mass is 10.2. The predicted octanol–water partition coefficient (Wildman–Crippen LogP) is 2.96. The molecule has 0 saturated carbocycles. The summed E-state index contributed by atoms with van der Waals surface area (Å²) in [5.74, 6) is -0.260. The molecule has 3 N–H and O–H groups in total. The monoisotopic (exact) mass is 228 g/mol. The lowest BCUT2D eigenvalue weighted by molar-refractivity contribution is 0.628. The molecule has 0 saturated heterocycles. The highest BCUT2D eigenvalue weighted by Gasteiger charge is 2.02. The quantitative estimate of drug-likeness (QED) is 0.761. The first-order chi connectivity index (χ1) is 7.13. The molecule has 0 aromatic heterocycles. The Bertz CT molecular complexity index is 317.